The summed E-state index contributed by atoms with van der Waals surface area (Å²) in [6.45, 7) is 0.909. The predicted molar refractivity (Wildman–Crippen MR) is 76.9 cm³/mol. The van der Waals surface area contributed by atoms with Crippen LogP contribution in [0.4, 0.5) is 5.69 Å². The zero-order chi connectivity index (χ0) is 15.2. The van der Waals surface area contributed by atoms with Crippen LogP contribution >= 0.6 is 0 Å². The first-order valence-corrected chi connectivity index (χ1v) is 6.41. The number of nitrogens with zero attached hydrogens (tertiary/aromatic N) is 4. The number of hydrogen-bond acceptors (Lipinski definition) is 7. The van der Waals surface area contributed by atoms with Gasteiger partial charge >= 0.3 is 0 Å². The standard InChI is InChI=1S/C13H19N5O3/c1-19-8-10(21-3)7-18-13(15-16-17-18)11-6-9(20-2)4-5-12(11)14/h4-6,10H,7-8,14H2,1-3H3. The van der Waals surface area contributed by atoms with E-state index in [9.17, 15) is 0 Å². The molecule has 0 saturated carbocycles. The lowest BCUT2D eigenvalue weighted by Gasteiger charge is -2.15. The van der Waals surface area contributed by atoms with Crippen LogP contribution < -0.4 is 10.5 Å². The molecular weight excluding hydrogens is 274 g/mol. The van der Waals surface area contributed by atoms with E-state index in [1.54, 1.807) is 44.2 Å². The highest BCUT2D eigenvalue weighted by Gasteiger charge is 2.17. The van der Waals surface area contributed by atoms with Crippen LogP contribution in [0.3, 0.4) is 0 Å². The Morgan fingerprint density at radius 3 is 2.76 bits per heavy atom. The van der Waals surface area contributed by atoms with Gasteiger partial charge in [-0.1, -0.05) is 0 Å². The van der Waals surface area contributed by atoms with E-state index in [4.69, 9.17) is 19.9 Å². The largest absolute Gasteiger partial charge is 0.497 e. The number of tetrazole rings is 1. The highest BCUT2D eigenvalue weighted by Crippen LogP contribution is 2.28. The number of methoxy groups -OCH3 is 3. The van der Waals surface area contributed by atoms with Gasteiger partial charge in [-0.05, 0) is 28.6 Å². The molecule has 0 bridgehead atoms. The fourth-order valence-corrected chi connectivity index (χ4v) is 1.95. The van der Waals surface area contributed by atoms with E-state index >= 15 is 0 Å². The molecule has 114 valence electrons. The maximum atomic E-state index is 6.01. The van der Waals surface area contributed by atoms with Crippen molar-refractivity contribution in [3.05, 3.63) is 18.2 Å². The van der Waals surface area contributed by atoms with Crippen LogP contribution in [0.1, 0.15) is 0 Å². The molecule has 1 aromatic heterocycles. The molecule has 0 aliphatic rings. The number of anilines is 1. The number of rotatable bonds is 7. The monoisotopic (exact) mass is 293 g/mol. The number of ether oxygens (including phenoxy) is 3. The minimum absolute atomic E-state index is 0.149. The Morgan fingerprint density at radius 2 is 2.10 bits per heavy atom. The van der Waals surface area contributed by atoms with Crippen molar-refractivity contribution in [2.45, 2.75) is 12.6 Å². The van der Waals surface area contributed by atoms with Gasteiger partial charge in [-0.15, -0.1) is 5.10 Å². The maximum absolute atomic E-state index is 6.01. The van der Waals surface area contributed by atoms with Gasteiger partial charge in [0.05, 0.1) is 20.3 Å². The molecule has 0 radical (unpaired) electrons. The molecule has 0 aliphatic carbocycles. The van der Waals surface area contributed by atoms with Crippen LogP contribution in [-0.4, -0.2) is 54.2 Å². The van der Waals surface area contributed by atoms with Crippen molar-refractivity contribution in [3.8, 4) is 17.1 Å². The average Bonchev–Trinajstić information content (AvgIpc) is 2.95. The Hall–Kier alpha value is -2.19. The first-order chi connectivity index (χ1) is 10.2. The molecule has 2 rings (SSSR count). The minimum atomic E-state index is -0.149. The van der Waals surface area contributed by atoms with Gasteiger partial charge in [0.2, 0.25) is 0 Å². The fourth-order valence-electron chi connectivity index (χ4n) is 1.95. The van der Waals surface area contributed by atoms with Crippen molar-refractivity contribution >= 4 is 5.69 Å². The van der Waals surface area contributed by atoms with Crippen molar-refractivity contribution in [2.75, 3.05) is 33.7 Å². The summed E-state index contributed by atoms with van der Waals surface area (Å²) in [5, 5.41) is 11.7. The molecule has 0 saturated heterocycles. The summed E-state index contributed by atoms with van der Waals surface area (Å²) in [6, 6.07) is 5.35. The van der Waals surface area contributed by atoms with E-state index in [0.717, 1.165) is 0 Å². The van der Waals surface area contributed by atoms with E-state index in [-0.39, 0.29) is 6.10 Å². The molecule has 8 nitrogen and oxygen atoms in total. The second kappa shape index (κ2) is 7.00. The third kappa shape index (κ3) is 3.47. The molecule has 2 aromatic rings. The van der Waals surface area contributed by atoms with Crippen LogP contribution in [0, 0.1) is 0 Å². The van der Waals surface area contributed by atoms with E-state index in [0.29, 0.717) is 36.0 Å². The molecule has 1 unspecified atom stereocenters. The molecule has 0 fully saturated rings. The summed E-state index contributed by atoms with van der Waals surface area (Å²) in [5.74, 6) is 1.25. The minimum Gasteiger partial charge on any atom is -0.497 e. The zero-order valence-corrected chi connectivity index (χ0v) is 12.3. The molecule has 1 aromatic carbocycles. The third-order valence-electron chi connectivity index (χ3n) is 3.10. The van der Waals surface area contributed by atoms with E-state index < -0.39 is 0 Å². The van der Waals surface area contributed by atoms with E-state index in [1.807, 2.05) is 0 Å². The highest BCUT2D eigenvalue weighted by molar-refractivity contribution is 5.73. The summed E-state index contributed by atoms with van der Waals surface area (Å²) in [7, 11) is 4.83. The quantitative estimate of drug-likeness (QED) is 0.746. The summed E-state index contributed by atoms with van der Waals surface area (Å²) < 4.78 is 17.3. The second-order valence-electron chi connectivity index (χ2n) is 4.45. The number of aromatic nitrogens is 4. The number of nitrogen functional groups attached to an aromatic ring is 1. The molecule has 1 heterocycles. The lowest BCUT2D eigenvalue weighted by Crippen LogP contribution is -2.25. The van der Waals surface area contributed by atoms with Crippen LogP contribution in [-0.2, 0) is 16.0 Å². The third-order valence-corrected chi connectivity index (χ3v) is 3.10. The number of hydrogen-bond donors (Lipinski definition) is 1. The van der Waals surface area contributed by atoms with Crippen molar-refractivity contribution in [2.24, 2.45) is 0 Å². The Bertz CT molecular complexity index is 587. The van der Waals surface area contributed by atoms with Gasteiger partial charge < -0.3 is 19.9 Å². The van der Waals surface area contributed by atoms with Crippen molar-refractivity contribution < 1.29 is 14.2 Å². The smallest absolute Gasteiger partial charge is 0.184 e. The van der Waals surface area contributed by atoms with Gasteiger partial charge in [-0.25, -0.2) is 4.68 Å². The van der Waals surface area contributed by atoms with E-state index in [2.05, 4.69) is 15.5 Å². The Balaban J connectivity index is 2.31. The van der Waals surface area contributed by atoms with E-state index in [1.165, 1.54) is 0 Å². The molecule has 0 spiro atoms. The zero-order valence-electron chi connectivity index (χ0n) is 12.3. The predicted octanol–water partition coefficient (Wildman–Crippen LogP) is 0.592. The van der Waals surface area contributed by atoms with Crippen LogP contribution in [0.15, 0.2) is 18.2 Å². The van der Waals surface area contributed by atoms with Gasteiger partial charge in [-0.2, -0.15) is 0 Å². The SMILES string of the molecule is COCC(Cn1nnnc1-c1cc(OC)ccc1N)OC. The molecule has 8 heteroatoms. The molecule has 0 amide bonds. The summed E-state index contributed by atoms with van der Waals surface area (Å²) >= 11 is 0. The van der Waals surface area contributed by atoms with Crippen molar-refractivity contribution in [1.29, 1.82) is 0 Å². The molecule has 1 atom stereocenters. The maximum Gasteiger partial charge on any atom is 0.184 e. The van der Waals surface area contributed by atoms with Gasteiger partial charge in [0.25, 0.3) is 0 Å². The lowest BCUT2D eigenvalue weighted by atomic mass is 10.1. The molecule has 0 aliphatic heterocycles. The number of nitrogens with two attached hydrogens (primary N) is 1. The topological polar surface area (TPSA) is 97.3 Å². The van der Waals surface area contributed by atoms with Crippen molar-refractivity contribution in [1.82, 2.24) is 20.2 Å². The van der Waals surface area contributed by atoms with Gasteiger partial charge in [0.1, 0.15) is 11.9 Å². The van der Waals surface area contributed by atoms with Gasteiger partial charge in [0.15, 0.2) is 5.82 Å². The summed E-state index contributed by atoms with van der Waals surface area (Å²) in [4.78, 5) is 0. The van der Waals surface area contributed by atoms with Gasteiger partial charge in [0, 0.05) is 25.5 Å². The molecule has 21 heavy (non-hydrogen) atoms. The summed E-state index contributed by atoms with van der Waals surface area (Å²) in [5.41, 5.74) is 7.30. The Morgan fingerprint density at radius 1 is 1.29 bits per heavy atom. The Labute approximate surface area is 122 Å². The van der Waals surface area contributed by atoms with Crippen LogP contribution in [0.25, 0.3) is 11.4 Å². The molecular formula is C13H19N5O3. The van der Waals surface area contributed by atoms with Crippen LogP contribution in [0.2, 0.25) is 0 Å². The molecule has 2 N–H and O–H groups in total. The first-order valence-electron chi connectivity index (χ1n) is 6.41. The first kappa shape index (κ1) is 15.2. The Kier molecular flexibility index (Phi) is 5.07. The van der Waals surface area contributed by atoms with Crippen LogP contribution in [0.5, 0.6) is 5.75 Å². The second-order valence-corrected chi connectivity index (χ2v) is 4.45. The van der Waals surface area contributed by atoms with Gasteiger partial charge in [-0.3, -0.25) is 0 Å². The summed E-state index contributed by atoms with van der Waals surface area (Å²) in [6.07, 6.45) is -0.149. The normalized spacial score (nSPS) is 12.3. The average molecular weight is 293 g/mol. The van der Waals surface area contributed by atoms with Crippen molar-refractivity contribution in [3.63, 3.8) is 0 Å². The lowest BCUT2D eigenvalue weighted by molar-refractivity contribution is 0.0163. The highest BCUT2D eigenvalue weighted by atomic mass is 16.5. The fraction of sp³-hybridized carbons (Fsp3) is 0.462. The number of benzene rings is 1.